The third kappa shape index (κ3) is 5.04. The Balaban J connectivity index is 1.52. The molecular weight excluding hydrogens is 363 g/mol. The van der Waals surface area contributed by atoms with Crippen LogP contribution in [0.3, 0.4) is 0 Å². The van der Waals surface area contributed by atoms with Gasteiger partial charge >= 0.3 is 0 Å². The van der Waals surface area contributed by atoms with Crippen molar-refractivity contribution in [1.82, 2.24) is 10.2 Å². The first-order chi connectivity index (χ1) is 12.1. The Labute approximate surface area is 151 Å². The molecule has 0 saturated heterocycles. The molecule has 0 radical (unpaired) electrons. The minimum atomic E-state index is -0.394. The van der Waals surface area contributed by atoms with Crippen molar-refractivity contribution in [2.24, 2.45) is 0 Å². The maximum atomic E-state index is 13.2. The number of anilines is 2. The number of benzene rings is 1. The summed E-state index contributed by atoms with van der Waals surface area (Å²) in [5.74, 6) is 0.178. The van der Waals surface area contributed by atoms with Crippen LogP contribution in [0.5, 0.6) is 0 Å². The topological polar surface area (TPSA) is 80.1 Å². The first kappa shape index (κ1) is 17.4. The summed E-state index contributed by atoms with van der Waals surface area (Å²) in [6.07, 6.45) is 1.61. The molecule has 0 spiro atoms. The summed E-state index contributed by atoms with van der Waals surface area (Å²) in [6, 6.07) is 9.47. The second-order valence-corrected chi connectivity index (χ2v) is 7.63. The quantitative estimate of drug-likeness (QED) is 0.605. The number of aromatic nitrogens is 2. The number of carbonyl (C=O) groups is 1. The van der Waals surface area contributed by atoms with Gasteiger partial charge in [0.1, 0.15) is 11.6 Å². The molecule has 2 aromatic heterocycles. The molecule has 130 valence electrons. The van der Waals surface area contributed by atoms with Gasteiger partial charge in [-0.25, -0.2) is 4.39 Å². The number of nitrogens with one attached hydrogen (secondary N) is 2. The van der Waals surface area contributed by atoms with Crippen molar-refractivity contribution >= 4 is 39.8 Å². The zero-order valence-electron chi connectivity index (χ0n) is 13.2. The smallest absolute Gasteiger partial charge is 0.237 e. The molecular formula is C16H15FN4O2S2. The summed E-state index contributed by atoms with van der Waals surface area (Å²) in [5, 5.41) is 14.1. The van der Waals surface area contributed by atoms with Crippen LogP contribution in [0.25, 0.3) is 0 Å². The van der Waals surface area contributed by atoms with E-state index >= 15 is 0 Å². The molecule has 2 heterocycles. The van der Waals surface area contributed by atoms with E-state index in [9.17, 15) is 9.18 Å². The van der Waals surface area contributed by atoms with Gasteiger partial charge in [0, 0.05) is 5.69 Å². The third-order valence-electron chi connectivity index (χ3n) is 3.14. The molecule has 0 saturated carbocycles. The highest BCUT2D eigenvalue weighted by Crippen LogP contribution is 2.29. The fourth-order valence-electron chi connectivity index (χ4n) is 1.92. The molecule has 3 aromatic rings. The standard InChI is InChI=1S/C16H15FN4O2S2/c1-10(14(22)19-12-5-2-4-11(17)8-12)24-16-21-20-15(25-16)18-9-13-6-3-7-23-13/h2-8,10H,9H2,1H3,(H,18,20)(H,19,22)/t10-/m1/s1. The number of rotatable bonds is 7. The molecule has 0 aliphatic carbocycles. The predicted molar refractivity (Wildman–Crippen MR) is 96.3 cm³/mol. The van der Waals surface area contributed by atoms with Gasteiger partial charge in [-0.15, -0.1) is 10.2 Å². The normalized spacial score (nSPS) is 11.9. The number of carbonyl (C=O) groups excluding carboxylic acids is 1. The van der Waals surface area contributed by atoms with Gasteiger partial charge < -0.3 is 15.1 Å². The lowest BCUT2D eigenvalue weighted by molar-refractivity contribution is -0.115. The van der Waals surface area contributed by atoms with E-state index in [-0.39, 0.29) is 5.91 Å². The molecule has 25 heavy (non-hydrogen) atoms. The molecule has 0 fully saturated rings. The Bertz CT molecular complexity index is 838. The lowest BCUT2D eigenvalue weighted by Gasteiger charge is -2.10. The van der Waals surface area contributed by atoms with Gasteiger partial charge in [0.25, 0.3) is 0 Å². The number of hydrogen-bond donors (Lipinski definition) is 2. The zero-order chi connectivity index (χ0) is 17.6. The van der Waals surface area contributed by atoms with Crippen LogP contribution in [-0.4, -0.2) is 21.4 Å². The fraction of sp³-hybridized carbons (Fsp3) is 0.188. The second-order valence-electron chi connectivity index (χ2n) is 5.07. The van der Waals surface area contributed by atoms with Crippen molar-refractivity contribution in [1.29, 1.82) is 0 Å². The Hall–Kier alpha value is -2.39. The van der Waals surface area contributed by atoms with E-state index in [1.54, 1.807) is 25.3 Å². The van der Waals surface area contributed by atoms with E-state index in [0.29, 0.717) is 21.7 Å². The van der Waals surface area contributed by atoms with Crippen LogP contribution >= 0.6 is 23.1 Å². The van der Waals surface area contributed by atoms with E-state index in [4.69, 9.17) is 4.42 Å². The highest BCUT2D eigenvalue weighted by Gasteiger charge is 2.17. The van der Waals surface area contributed by atoms with Gasteiger partial charge in [0.2, 0.25) is 11.0 Å². The Morgan fingerprint density at radius 2 is 2.24 bits per heavy atom. The Morgan fingerprint density at radius 1 is 1.36 bits per heavy atom. The van der Waals surface area contributed by atoms with E-state index in [2.05, 4.69) is 20.8 Å². The molecule has 1 amide bonds. The number of hydrogen-bond acceptors (Lipinski definition) is 7. The van der Waals surface area contributed by atoms with Gasteiger partial charge in [0.05, 0.1) is 18.1 Å². The highest BCUT2D eigenvalue weighted by molar-refractivity contribution is 8.02. The van der Waals surface area contributed by atoms with Crippen LogP contribution in [0.15, 0.2) is 51.4 Å². The highest BCUT2D eigenvalue weighted by atomic mass is 32.2. The van der Waals surface area contributed by atoms with E-state index in [0.717, 1.165) is 5.76 Å². The van der Waals surface area contributed by atoms with Crippen molar-refractivity contribution in [2.45, 2.75) is 23.1 Å². The first-order valence-corrected chi connectivity index (χ1v) is 9.12. The van der Waals surface area contributed by atoms with Crippen LogP contribution in [0.4, 0.5) is 15.2 Å². The van der Waals surface area contributed by atoms with Crippen LogP contribution in [0.1, 0.15) is 12.7 Å². The van der Waals surface area contributed by atoms with Gasteiger partial charge in [-0.1, -0.05) is 29.2 Å². The molecule has 1 aromatic carbocycles. The summed E-state index contributed by atoms with van der Waals surface area (Å²) in [6.45, 7) is 2.28. The van der Waals surface area contributed by atoms with Gasteiger partial charge in [0.15, 0.2) is 4.34 Å². The number of halogens is 1. The molecule has 1 atom stereocenters. The van der Waals surface area contributed by atoms with E-state index in [1.165, 1.54) is 35.2 Å². The van der Waals surface area contributed by atoms with Crippen molar-refractivity contribution in [2.75, 3.05) is 10.6 Å². The van der Waals surface area contributed by atoms with Crippen molar-refractivity contribution in [3.63, 3.8) is 0 Å². The van der Waals surface area contributed by atoms with Crippen LogP contribution in [-0.2, 0) is 11.3 Å². The third-order valence-corrected chi connectivity index (χ3v) is 5.20. The van der Waals surface area contributed by atoms with Crippen molar-refractivity contribution < 1.29 is 13.6 Å². The fourth-order valence-corrected chi connectivity index (χ4v) is 3.81. The minimum absolute atomic E-state index is 0.226. The monoisotopic (exact) mass is 378 g/mol. The van der Waals surface area contributed by atoms with Gasteiger partial charge in [-0.2, -0.15) is 0 Å². The molecule has 0 aliphatic rings. The molecule has 0 aliphatic heterocycles. The summed E-state index contributed by atoms with van der Waals surface area (Å²) >= 11 is 2.65. The van der Waals surface area contributed by atoms with Crippen molar-refractivity contribution in [3.05, 3.63) is 54.2 Å². The largest absolute Gasteiger partial charge is 0.467 e. The van der Waals surface area contributed by atoms with Crippen LogP contribution < -0.4 is 10.6 Å². The average Bonchev–Trinajstić information content (AvgIpc) is 3.24. The average molecular weight is 378 g/mol. The SMILES string of the molecule is C[C@@H](Sc1nnc(NCc2ccco2)s1)C(=O)Nc1cccc(F)c1. The number of furan rings is 1. The van der Waals surface area contributed by atoms with Gasteiger partial charge in [-0.05, 0) is 37.3 Å². The Kier molecular flexibility index (Phi) is 5.67. The predicted octanol–water partition coefficient (Wildman–Crippen LogP) is 4.00. The number of nitrogens with zero attached hydrogens (tertiary/aromatic N) is 2. The first-order valence-electron chi connectivity index (χ1n) is 7.43. The maximum absolute atomic E-state index is 13.2. The molecule has 3 rings (SSSR count). The lowest BCUT2D eigenvalue weighted by Crippen LogP contribution is -2.22. The minimum Gasteiger partial charge on any atom is -0.467 e. The van der Waals surface area contributed by atoms with Gasteiger partial charge in [-0.3, -0.25) is 4.79 Å². The van der Waals surface area contributed by atoms with Crippen molar-refractivity contribution in [3.8, 4) is 0 Å². The second kappa shape index (κ2) is 8.13. The summed E-state index contributed by atoms with van der Waals surface area (Å²) in [7, 11) is 0. The zero-order valence-corrected chi connectivity index (χ0v) is 14.9. The van der Waals surface area contributed by atoms with Crippen LogP contribution in [0, 0.1) is 5.82 Å². The van der Waals surface area contributed by atoms with Crippen LogP contribution in [0.2, 0.25) is 0 Å². The lowest BCUT2D eigenvalue weighted by atomic mass is 10.3. The summed E-state index contributed by atoms with van der Waals surface area (Å²) in [4.78, 5) is 12.2. The number of amides is 1. The molecule has 9 heteroatoms. The molecule has 0 unspecified atom stereocenters. The van der Waals surface area contributed by atoms with E-state index in [1.807, 2.05) is 12.1 Å². The maximum Gasteiger partial charge on any atom is 0.237 e. The molecule has 6 nitrogen and oxygen atoms in total. The summed E-state index contributed by atoms with van der Waals surface area (Å²) < 4.78 is 19.1. The molecule has 2 N–H and O–H groups in total. The Morgan fingerprint density at radius 3 is 3.00 bits per heavy atom. The number of thioether (sulfide) groups is 1. The summed E-state index contributed by atoms with van der Waals surface area (Å²) in [5.41, 5.74) is 0.426. The molecule has 0 bridgehead atoms. The van der Waals surface area contributed by atoms with E-state index < -0.39 is 11.1 Å².